The van der Waals surface area contributed by atoms with E-state index in [-0.39, 0.29) is 0 Å². The molecule has 0 aromatic carbocycles. The van der Waals surface area contributed by atoms with Crippen LogP contribution in [0.15, 0.2) is 17.3 Å². The molecule has 7 nitrogen and oxygen atoms in total. The third kappa shape index (κ3) is 2.17. The Bertz CT molecular complexity index is 887. The summed E-state index contributed by atoms with van der Waals surface area (Å²) < 4.78 is 0. The van der Waals surface area contributed by atoms with Crippen LogP contribution in [-0.2, 0) is 0 Å². The minimum atomic E-state index is 0.337. The van der Waals surface area contributed by atoms with Gasteiger partial charge < -0.3 is 4.90 Å². The van der Waals surface area contributed by atoms with E-state index in [1.165, 1.54) is 28.9 Å². The fourth-order valence-electron chi connectivity index (χ4n) is 2.05. The Kier molecular flexibility index (Phi) is 3.48. The topological polar surface area (TPSA) is 104 Å². The number of anilines is 1. The molecule has 3 rings (SSSR count). The third-order valence-electron chi connectivity index (χ3n) is 2.99. The number of thiazole rings is 2. The van der Waals surface area contributed by atoms with Gasteiger partial charge in [0, 0.05) is 12.4 Å². The van der Waals surface area contributed by atoms with Gasteiger partial charge in [-0.1, -0.05) is 0 Å². The third-order valence-corrected chi connectivity index (χ3v) is 4.76. The van der Waals surface area contributed by atoms with Crippen LogP contribution in [-0.4, -0.2) is 28.6 Å². The predicted octanol–water partition coefficient (Wildman–Crippen LogP) is 1.94. The molecule has 0 amide bonds. The van der Waals surface area contributed by atoms with E-state index in [0.717, 1.165) is 0 Å². The lowest BCUT2D eigenvalue weighted by atomic mass is 10.3. The number of nitrogens with zero attached hydrogens (tertiary/aromatic N) is 7. The van der Waals surface area contributed by atoms with Gasteiger partial charge in [-0.05, 0) is 0 Å². The first kappa shape index (κ1) is 14.0. The monoisotopic (exact) mass is 325 g/mol. The van der Waals surface area contributed by atoms with E-state index in [4.69, 9.17) is 10.5 Å². The van der Waals surface area contributed by atoms with Crippen LogP contribution in [0.25, 0.3) is 5.70 Å². The van der Waals surface area contributed by atoms with Crippen LogP contribution in [0.2, 0.25) is 0 Å². The van der Waals surface area contributed by atoms with Crippen LogP contribution >= 0.6 is 22.7 Å². The number of nitriles is 3. The fraction of sp³-hybridized carbons (Fsp3) is 0.154. The molecule has 106 valence electrons. The van der Waals surface area contributed by atoms with Crippen LogP contribution in [0.4, 0.5) is 5.13 Å². The maximum Gasteiger partial charge on any atom is 0.192 e. The first-order valence-electron chi connectivity index (χ1n) is 6.03. The SMILES string of the molecule is CN1CN(c2nc(C#N)cs2)C(c2ncc(C#N)s2)=C1C#N. The van der Waals surface area contributed by atoms with Crippen LogP contribution in [0, 0.1) is 34.0 Å². The van der Waals surface area contributed by atoms with Gasteiger partial charge in [0.05, 0.1) is 12.9 Å². The summed E-state index contributed by atoms with van der Waals surface area (Å²) in [6.07, 6.45) is 1.49. The summed E-state index contributed by atoms with van der Waals surface area (Å²) in [6, 6.07) is 6.21. The average molecular weight is 325 g/mol. The number of rotatable bonds is 2. The normalized spacial score (nSPS) is 13.9. The fourth-order valence-corrected chi connectivity index (χ4v) is 3.57. The summed E-state index contributed by atoms with van der Waals surface area (Å²) in [4.78, 5) is 12.6. The molecule has 3 heterocycles. The molecule has 0 bridgehead atoms. The second kappa shape index (κ2) is 5.45. The van der Waals surface area contributed by atoms with Gasteiger partial charge in [-0.3, -0.25) is 4.90 Å². The van der Waals surface area contributed by atoms with E-state index in [1.54, 1.807) is 17.3 Å². The molecule has 0 fully saturated rings. The molecule has 0 aliphatic carbocycles. The number of aromatic nitrogens is 2. The summed E-state index contributed by atoms with van der Waals surface area (Å²) in [5.41, 5.74) is 1.42. The summed E-state index contributed by atoms with van der Waals surface area (Å²) >= 11 is 2.56. The molecule has 9 heteroatoms. The largest absolute Gasteiger partial charge is 0.346 e. The van der Waals surface area contributed by atoms with Crippen molar-refractivity contribution in [2.75, 3.05) is 18.6 Å². The van der Waals surface area contributed by atoms with Crippen molar-refractivity contribution in [1.82, 2.24) is 14.9 Å². The van der Waals surface area contributed by atoms with Gasteiger partial charge in [0.15, 0.2) is 10.8 Å². The first-order chi connectivity index (χ1) is 10.7. The highest BCUT2D eigenvalue weighted by Gasteiger charge is 2.32. The molecular weight excluding hydrogens is 318 g/mol. The number of hydrogen-bond acceptors (Lipinski definition) is 9. The molecule has 0 atom stereocenters. The van der Waals surface area contributed by atoms with E-state index in [2.05, 4.69) is 16.0 Å². The van der Waals surface area contributed by atoms with Gasteiger partial charge in [-0.25, -0.2) is 9.97 Å². The van der Waals surface area contributed by atoms with Gasteiger partial charge in [-0.15, -0.1) is 22.7 Å². The molecule has 2 aromatic heterocycles. The summed E-state index contributed by atoms with van der Waals surface area (Å²) in [5, 5.41) is 30.2. The first-order valence-corrected chi connectivity index (χ1v) is 7.72. The van der Waals surface area contributed by atoms with Crippen molar-refractivity contribution < 1.29 is 0 Å². The predicted molar refractivity (Wildman–Crippen MR) is 81.3 cm³/mol. The molecule has 1 aliphatic heterocycles. The van der Waals surface area contributed by atoms with Crippen molar-refractivity contribution in [3.8, 4) is 18.2 Å². The molecule has 0 spiro atoms. The molecule has 0 saturated carbocycles. The Hall–Kier alpha value is -2.93. The van der Waals surface area contributed by atoms with Crippen LogP contribution in [0.5, 0.6) is 0 Å². The van der Waals surface area contributed by atoms with Crippen LogP contribution in [0.3, 0.4) is 0 Å². The molecule has 2 aromatic rings. The molecule has 1 aliphatic rings. The number of allylic oxidation sites excluding steroid dienone is 1. The highest BCUT2D eigenvalue weighted by Crippen LogP contribution is 2.37. The van der Waals surface area contributed by atoms with Gasteiger partial charge in [0.1, 0.15) is 39.5 Å². The summed E-state index contributed by atoms with van der Waals surface area (Å²) in [6.45, 7) is 0.443. The Balaban J connectivity index is 2.11. The molecule has 0 radical (unpaired) electrons. The van der Waals surface area contributed by atoms with Crippen LogP contribution < -0.4 is 4.90 Å². The van der Waals surface area contributed by atoms with Crippen molar-refractivity contribution in [2.45, 2.75) is 0 Å². The molecule has 22 heavy (non-hydrogen) atoms. The zero-order chi connectivity index (χ0) is 15.7. The summed E-state index contributed by atoms with van der Waals surface area (Å²) in [7, 11) is 1.80. The van der Waals surface area contributed by atoms with Crippen molar-refractivity contribution in [1.29, 1.82) is 15.8 Å². The number of hydrogen-bond donors (Lipinski definition) is 0. The quantitative estimate of drug-likeness (QED) is 0.831. The smallest absolute Gasteiger partial charge is 0.192 e. The van der Waals surface area contributed by atoms with Crippen molar-refractivity contribution >= 4 is 33.5 Å². The zero-order valence-electron chi connectivity index (χ0n) is 11.3. The zero-order valence-corrected chi connectivity index (χ0v) is 12.9. The van der Waals surface area contributed by atoms with E-state index in [9.17, 15) is 5.26 Å². The Morgan fingerprint density at radius 3 is 2.64 bits per heavy atom. The van der Waals surface area contributed by atoms with Gasteiger partial charge in [0.2, 0.25) is 0 Å². The van der Waals surface area contributed by atoms with Crippen molar-refractivity contribution in [3.63, 3.8) is 0 Å². The summed E-state index contributed by atoms with van der Waals surface area (Å²) in [5.74, 6) is 0. The highest BCUT2D eigenvalue weighted by atomic mass is 32.1. The van der Waals surface area contributed by atoms with Crippen molar-refractivity contribution in [2.24, 2.45) is 0 Å². The van der Waals surface area contributed by atoms with E-state index >= 15 is 0 Å². The molecule has 0 N–H and O–H groups in total. The highest BCUT2D eigenvalue weighted by molar-refractivity contribution is 7.14. The van der Waals surface area contributed by atoms with E-state index < -0.39 is 0 Å². The van der Waals surface area contributed by atoms with Gasteiger partial charge >= 0.3 is 0 Å². The lowest BCUT2D eigenvalue weighted by Gasteiger charge is -2.17. The molecule has 0 saturated heterocycles. The second-order valence-electron chi connectivity index (χ2n) is 4.35. The average Bonchev–Trinajstić information content (AvgIpc) is 3.24. The molecular formula is C13H7N7S2. The lowest BCUT2D eigenvalue weighted by Crippen LogP contribution is -2.24. The van der Waals surface area contributed by atoms with Gasteiger partial charge in [0.25, 0.3) is 0 Å². The van der Waals surface area contributed by atoms with Gasteiger partial charge in [-0.2, -0.15) is 15.8 Å². The minimum absolute atomic E-state index is 0.337. The van der Waals surface area contributed by atoms with Crippen LogP contribution in [0.1, 0.15) is 15.6 Å². The van der Waals surface area contributed by atoms with E-state index in [0.29, 0.717) is 38.8 Å². The molecule has 0 unspecified atom stereocenters. The Morgan fingerprint density at radius 1 is 1.23 bits per heavy atom. The maximum absolute atomic E-state index is 9.41. The lowest BCUT2D eigenvalue weighted by molar-refractivity contribution is 0.474. The van der Waals surface area contributed by atoms with E-state index in [1.807, 2.05) is 17.0 Å². The Labute approximate surface area is 134 Å². The minimum Gasteiger partial charge on any atom is -0.346 e. The standard InChI is InChI=1S/C13H7N7S2/c1-19-7-20(13-18-8(2-14)6-21-13)11(10(19)4-16)12-17-5-9(3-15)22-12/h5-6H,7H2,1H3. The maximum atomic E-state index is 9.41. The Morgan fingerprint density at radius 2 is 2.05 bits per heavy atom. The van der Waals surface area contributed by atoms with Crippen molar-refractivity contribution in [3.05, 3.63) is 32.9 Å². The second-order valence-corrected chi connectivity index (χ2v) is 6.21.